The van der Waals surface area contributed by atoms with E-state index in [1.165, 1.54) is 0 Å². The van der Waals surface area contributed by atoms with Crippen molar-refractivity contribution in [2.24, 2.45) is 0 Å². The number of carbonyl (C=O) groups excluding carboxylic acids is 1. The second-order valence-corrected chi connectivity index (χ2v) is 12.0. The highest BCUT2D eigenvalue weighted by molar-refractivity contribution is 6.31. The van der Waals surface area contributed by atoms with Crippen LogP contribution in [0.4, 0.5) is 0 Å². The molecule has 1 fully saturated rings. The molecule has 1 saturated carbocycles. The Labute approximate surface area is 265 Å². The summed E-state index contributed by atoms with van der Waals surface area (Å²) in [4.78, 5) is 16.3. The lowest BCUT2D eigenvalue weighted by atomic mass is 9.88. The number of ether oxygens (including phenoxy) is 3. The van der Waals surface area contributed by atoms with Crippen LogP contribution in [0.15, 0.2) is 66.2 Å². The maximum Gasteiger partial charge on any atom is 0.252 e. The third-order valence-corrected chi connectivity index (χ3v) is 8.73. The summed E-state index contributed by atoms with van der Waals surface area (Å²) in [7, 11) is 1.69. The first-order valence-electron chi connectivity index (χ1n) is 15.5. The molecule has 2 N–H and O–H groups in total. The van der Waals surface area contributed by atoms with E-state index in [4.69, 9.17) is 25.8 Å². The number of aliphatic hydroxyl groups is 1. The first-order chi connectivity index (χ1) is 21.4. The molecule has 5 rings (SSSR count). The highest BCUT2D eigenvalue weighted by atomic mass is 35.5. The summed E-state index contributed by atoms with van der Waals surface area (Å²) in [5, 5.41) is 14.3. The van der Waals surface area contributed by atoms with Crippen LogP contribution >= 0.6 is 11.6 Å². The van der Waals surface area contributed by atoms with Gasteiger partial charge in [0, 0.05) is 30.3 Å². The zero-order valence-electron chi connectivity index (χ0n) is 25.9. The largest absolute Gasteiger partial charge is 0.490 e. The molecule has 3 aromatic carbocycles. The van der Waals surface area contributed by atoms with Crippen LogP contribution in [0.3, 0.4) is 0 Å². The van der Waals surface area contributed by atoms with Crippen LogP contribution in [0, 0.1) is 13.8 Å². The molecule has 234 valence electrons. The summed E-state index contributed by atoms with van der Waals surface area (Å²) in [6.07, 6.45) is 3.40. The Hall–Kier alpha value is -3.36. The van der Waals surface area contributed by atoms with Crippen molar-refractivity contribution in [2.45, 2.75) is 58.2 Å². The fourth-order valence-electron chi connectivity index (χ4n) is 5.85. The predicted molar refractivity (Wildman–Crippen MR) is 174 cm³/mol. The number of amides is 1. The van der Waals surface area contributed by atoms with E-state index in [9.17, 15) is 9.90 Å². The van der Waals surface area contributed by atoms with E-state index in [-0.39, 0.29) is 18.6 Å². The number of halogens is 1. The number of hydrogen-bond donors (Lipinski definition) is 2. The van der Waals surface area contributed by atoms with Gasteiger partial charge in [-0.1, -0.05) is 54.1 Å². The lowest BCUT2D eigenvalue weighted by molar-refractivity contribution is -0.128. The van der Waals surface area contributed by atoms with Crippen molar-refractivity contribution in [3.63, 3.8) is 0 Å². The fraction of sp³-hybridized carbons (Fsp3) is 0.417. The molecule has 0 bridgehead atoms. The molecule has 1 atom stereocenters. The minimum absolute atomic E-state index is 0.0453. The van der Waals surface area contributed by atoms with E-state index < -0.39 is 6.04 Å². The number of benzene rings is 3. The molecule has 44 heavy (non-hydrogen) atoms. The van der Waals surface area contributed by atoms with Crippen LogP contribution in [0.2, 0.25) is 5.02 Å². The molecular formula is C36H43ClN2O5. The van der Waals surface area contributed by atoms with Gasteiger partial charge in [-0.3, -0.25) is 4.79 Å². The minimum atomic E-state index is -0.436. The Morgan fingerprint density at radius 1 is 1.00 bits per heavy atom. The number of aryl methyl sites for hydroxylation is 2. The highest BCUT2D eigenvalue weighted by Crippen LogP contribution is 2.36. The van der Waals surface area contributed by atoms with Gasteiger partial charge in [0.2, 0.25) is 0 Å². The molecule has 1 aliphatic carbocycles. The van der Waals surface area contributed by atoms with Gasteiger partial charge in [-0.15, -0.1) is 0 Å². The predicted octanol–water partition coefficient (Wildman–Crippen LogP) is 5.90. The molecule has 8 heteroatoms. The van der Waals surface area contributed by atoms with E-state index in [2.05, 4.69) is 11.4 Å². The van der Waals surface area contributed by atoms with Crippen LogP contribution in [-0.4, -0.2) is 68.1 Å². The molecule has 0 spiro atoms. The first-order valence-corrected chi connectivity index (χ1v) is 15.8. The fourth-order valence-corrected chi connectivity index (χ4v) is 6.03. The van der Waals surface area contributed by atoms with Crippen LogP contribution in [-0.2, 0) is 22.5 Å². The number of methoxy groups -OCH3 is 1. The summed E-state index contributed by atoms with van der Waals surface area (Å²) < 4.78 is 17.2. The number of nitrogens with zero attached hydrogens (tertiary/aromatic N) is 1. The summed E-state index contributed by atoms with van der Waals surface area (Å²) in [6, 6.07) is 19.7. The van der Waals surface area contributed by atoms with Crippen molar-refractivity contribution in [3.8, 4) is 11.5 Å². The molecule has 2 aliphatic rings. The Kier molecular flexibility index (Phi) is 11.0. The smallest absolute Gasteiger partial charge is 0.252 e. The van der Waals surface area contributed by atoms with Crippen molar-refractivity contribution in [1.29, 1.82) is 0 Å². The molecule has 0 saturated heterocycles. The van der Waals surface area contributed by atoms with E-state index in [0.717, 1.165) is 64.2 Å². The Balaban J connectivity index is 1.32. The number of carbonyl (C=O) groups is 1. The summed E-state index contributed by atoms with van der Waals surface area (Å²) >= 11 is 6.62. The minimum Gasteiger partial charge on any atom is -0.490 e. The van der Waals surface area contributed by atoms with Gasteiger partial charge < -0.3 is 29.5 Å². The van der Waals surface area contributed by atoms with Crippen molar-refractivity contribution < 1.29 is 24.1 Å². The average Bonchev–Trinajstić information content (AvgIpc) is 3.88. The maximum atomic E-state index is 14.3. The van der Waals surface area contributed by atoms with Gasteiger partial charge in [0.25, 0.3) is 5.91 Å². The first kappa shape index (κ1) is 32.0. The van der Waals surface area contributed by atoms with Gasteiger partial charge >= 0.3 is 0 Å². The molecule has 3 aromatic rings. The Morgan fingerprint density at radius 3 is 2.41 bits per heavy atom. The second-order valence-electron chi connectivity index (χ2n) is 11.6. The van der Waals surface area contributed by atoms with Gasteiger partial charge in [0.15, 0.2) is 0 Å². The number of para-hydroxylation sites is 1. The average molecular weight is 619 g/mol. The van der Waals surface area contributed by atoms with Crippen LogP contribution in [0.5, 0.6) is 11.5 Å². The van der Waals surface area contributed by atoms with Crippen molar-refractivity contribution >= 4 is 23.1 Å². The molecule has 0 radical (unpaired) electrons. The molecule has 7 nitrogen and oxygen atoms in total. The van der Waals surface area contributed by atoms with Gasteiger partial charge in [-0.05, 0) is 97.7 Å². The van der Waals surface area contributed by atoms with Crippen LogP contribution in [0.25, 0.3) is 5.57 Å². The van der Waals surface area contributed by atoms with Gasteiger partial charge in [0.1, 0.15) is 24.7 Å². The lowest BCUT2D eigenvalue weighted by Crippen LogP contribution is -2.46. The monoisotopic (exact) mass is 618 g/mol. The summed E-state index contributed by atoms with van der Waals surface area (Å²) in [5.74, 6) is 1.60. The standard InChI is InChI=1S/C36H43ClN2O5/c1-24-5-4-6-25(2)35(24)44-20-19-43-30-12-8-27(9-13-30)31-15-17-38-33(23-40)34(31)36(41)39(29-10-11-29)22-28-21-26(16-18-42-3)7-14-32(28)37/h4-9,12-14,21,29,33,38,40H,10-11,15-20,22-23H2,1-3H3. The van der Waals surface area contributed by atoms with Crippen molar-refractivity contribution in [2.75, 3.05) is 40.1 Å². The zero-order valence-corrected chi connectivity index (χ0v) is 26.7. The SMILES string of the molecule is COCCc1ccc(Cl)c(CN(C(=O)C2=C(c3ccc(OCCOc4c(C)cccc4C)cc3)CCNC2CO)C2CC2)c1. The van der Waals surface area contributed by atoms with E-state index in [1.54, 1.807) is 7.11 Å². The number of aliphatic hydroxyl groups excluding tert-OH is 1. The highest BCUT2D eigenvalue weighted by Gasteiger charge is 2.38. The van der Waals surface area contributed by atoms with Crippen molar-refractivity contribution in [1.82, 2.24) is 10.2 Å². The summed E-state index contributed by atoms with van der Waals surface area (Å²) in [6.45, 7) is 6.52. The van der Waals surface area contributed by atoms with Gasteiger partial charge in [-0.25, -0.2) is 0 Å². The summed E-state index contributed by atoms with van der Waals surface area (Å²) in [5.41, 5.74) is 6.82. The lowest BCUT2D eigenvalue weighted by Gasteiger charge is -2.33. The van der Waals surface area contributed by atoms with E-state index in [1.807, 2.05) is 73.3 Å². The van der Waals surface area contributed by atoms with Crippen LogP contribution < -0.4 is 14.8 Å². The van der Waals surface area contributed by atoms with Crippen LogP contribution in [0.1, 0.15) is 47.1 Å². The van der Waals surface area contributed by atoms with Crippen molar-refractivity contribution in [3.05, 3.63) is 99.1 Å². The normalized spacial score (nSPS) is 16.6. The number of nitrogens with one attached hydrogen (secondary N) is 1. The van der Waals surface area contributed by atoms with E-state index >= 15 is 0 Å². The number of hydrogen-bond acceptors (Lipinski definition) is 6. The second kappa shape index (κ2) is 15.1. The van der Waals surface area contributed by atoms with Gasteiger partial charge in [0.05, 0.1) is 19.3 Å². The Morgan fingerprint density at radius 2 is 1.73 bits per heavy atom. The van der Waals surface area contributed by atoms with E-state index in [0.29, 0.717) is 49.9 Å². The molecule has 0 aromatic heterocycles. The topological polar surface area (TPSA) is 80.3 Å². The zero-order chi connectivity index (χ0) is 31.1. The third kappa shape index (κ3) is 7.83. The molecule has 1 amide bonds. The molecular weight excluding hydrogens is 576 g/mol. The third-order valence-electron chi connectivity index (χ3n) is 8.36. The van der Waals surface area contributed by atoms with Gasteiger partial charge in [-0.2, -0.15) is 0 Å². The molecule has 1 heterocycles. The quantitative estimate of drug-likeness (QED) is 0.219. The molecule has 1 unspecified atom stereocenters. The maximum absolute atomic E-state index is 14.3. The number of rotatable bonds is 14. The molecule has 1 aliphatic heterocycles. The Bertz CT molecular complexity index is 1450.